The number of carbonyl (C=O) groups is 2. The summed E-state index contributed by atoms with van der Waals surface area (Å²) in [6.45, 7) is 4.58. The summed E-state index contributed by atoms with van der Waals surface area (Å²) in [5, 5.41) is 6.33. The van der Waals surface area contributed by atoms with Crippen molar-refractivity contribution < 1.29 is 9.59 Å². The van der Waals surface area contributed by atoms with Crippen molar-refractivity contribution in [2.75, 3.05) is 13.1 Å². The Hall–Kier alpha value is -2.47. The monoisotopic (exact) mass is 338 g/mol. The van der Waals surface area contributed by atoms with Crippen LogP contribution in [0.15, 0.2) is 36.5 Å². The number of urea groups is 1. The standard InChI is InChI=1S/C19H22N4O2/c1-19(17(24)21-18(25)22-19)15-6-9-23(10-7-15)12-13-4-5-16-14(11-13)3-2-8-20-16/h2-5,8,11,15H,6-7,9-10,12H2,1H3,(H2,21,22,24,25)/t19-/m1/s1. The topological polar surface area (TPSA) is 74.3 Å². The Kier molecular flexibility index (Phi) is 3.92. The molecule has 1 atom stereocenters. The van der Waals surface area contributed by atoms with Gasteiger partial charge in [-0.05, 0) is 62.5 Å². The molecule has 1 aromatic carbocycles. The summed E-state index contributed by atoms with van der Waals surface area (Å²) < 4.78 is 0. The third-order valence-corrected chi connectivity index (χ3v) is 5.55. The molecule has 2 N–H and O–H groups in total. The van der Waals surface area contributed by atoms with Crippen molar-refractivity contribution in [3.63, 3.8) is 0 Å². The van der Waals surface area contributed by atoms with Crippen LogP contribution in [0.5, 0.6) is 0 Å². The Bertz CT molecular complexity index is 829. The van der Waals surface area contributed by atoms with E-state index in [2.05, 4.69) is 44.8 Å². The van der Waals surface area contributed by atoms with Gasteiger partial charge in [0.25, 0.3) is 5.91 Å². The summed E-state index contributed by atoms with van der Waals surface area (Å²) in [5.74, 6) is -0.0195. The molecule has 2 aromatic rings. The number of hydrogen-bond acceptors (Lipinski definition) is 4. The van der Waals surface area contributed by atoms with Crippen molar-refractivity contribution in [3.05, 3.63) is 42.1 Å². The summed E-state index contributed by atoms with van der Waals surface area (Å²) >= 11 is 0. The maximum absolute atomic E-state index is 12.1. The number of amides is 3. The van der Waals surface area contributed by atoms with Crippen molar-refractivity contribution in [1.29, 1.82) is 0 Å². The van der Waals surface area contributed by atoms with E-state index in [0.717, 1.165) is 43.4 Å². The minimum Gasteiger partial charge on any atom is -0.323 e. The Balaban J connectivity index is 1.40. The second kappa shape index (κ2) is 6.11. The van der Waals surface area contributed by atoms with Crippen LogP contribution < -0.4 is 10.6 Å². The number of carbonyl (C=O) groups excluding carboxylic acids is 2. The third-order valence-electron chi connectivity index (χ3n) is 5.55. The van der Waals surface area contributed by atoms with Gasteiger partial charge in [-0.2, -0.15) is 0 Å². The molecule has 130 valence electrons. The molecule has 0 unspecified atom stereocenters. The number of likely N-dealkylation sites (tertiary alicyclic amines) is 1. The molecule has 2 fully saturated rings. The Morgan fingerprint density at radius 3 is 2.76 bits per heavy atom. The molecule has 25 heavy (non-hydrogen) atoms. The minimum atomic E-state index is -0.766. The summed E-state index contributed by atoms with van der Waals surface area (Å²) in [5.41, 5.74) is 1.52. The number of hydrogen-bond donors (Lipinski definition) is 2. The maximum atomic E-state index is 12.1. The molecule has 4 rings (SSSR count). The Morgan fingerprint density at radius 1 is 1.24 bits per heavy atom. The highest BCUT2D eigenvalue weighted by Gasteiger charge is 2.48. The number of nitrogens with zero attached hydrogens (tertiary/aromatic N) is 2. The first-order valence-corrected chi connectivity index (χ1v) is 8.74. The van der Waals surface area contributed by atoms with Gasteiger partial charge in [0.2, 0.25) is 0 Å². The summed E-state index contributed by atoms with van der Waals surface area (Å²) in [4.78, 5) is 30.3. The van der Waals surface area contributed by atoms with Crippen LogP contribution in [0.2, 0.25) is 0 Å². The van der Waals surface area contributed by atoms with Crippen molar-refractivity contribution in [3.8, 4) is 0 Å². The molecule has 0 aliphatic carbocycles. The average molecular weight is 338 g/mol. The van der Waals surface area contributed by atoms with Crippen LogP contribution in [-0.4, -0.2) is 40.5 Å². The maximum Gasteiger partial charge on any atom is 0.322 e. The lowest BCUT2D eigenvalue weighted by Gasteiger charge is -2.38. The van der Waals surface area contributed by atoms with Crippen LogP contribution in [0.4, 0.5) is 4.79 Å². The SMILES string of the molecule is C[C@]1(C2CCN(Cc3ccc4ncccc4c3)CC2)NC(=O)NC1=O. The minimum absolute atomic E-state index is 0.177. The average Bonchev–Trinajstić information content (AvgIpc) is 2.88. The quantitative estimate of drug-likeness (QED) is 0.840. The highest BCUT2D eigenvalue weighted by atomic mass is 16.2. The van der Waals surface area contributed by atoms with Gasteiger partial charge in [-0.15, -0.1) is 0 Å². The Labute approximate surface area is 146 Å². The highest BCUT2D eigenvalue weighted by Crippen LogP contribution is 2.31. The molecule has 6 heteroatoms. The van der Waals surface area contributed by atoms with Gasteiger partial charge in [0.05, 0.1) is 5.52 Å². The lowest BCUT2D eigenvalue weighted by molar-refractivity contribution is -0.125. The highest BCUT2D eigenvalue weighted by molar-refractivity contribution is 6.06. The predicted octanol–water partition coefficient (Wildman–Crippen LogP) is 2.04. The second-order valence-electron chi connectivity index (χ2n) is 7.19. The van der Waals surface area contributed by atoms with E-state index in [4.69, 9.17) is 0 Å². The van der Waals surface area contributed by atoms with E-state index >= 15 is 0 Å². The molecular weight excluding hydrogens is 316 g/mol. The fraction of sp³-hybridized carbons (Fsp3) is 0.421. The fourth-order valence-electron chi connectivity index (χ4n) is 3.99. The van der Waals surface area contributed by atoms with Crippen LogP contribution in [0.25, 0.3) is 10.9 Å². The summed E-state index contributed by atoms with van der Waals surface area (Å²) in [6.07, 6.45) is 3.62. The number of pyridine rings is 1. The molecule has 2 aliphatic rings. The number of rotatable bonds is 3. The zero-order valence-electron chi connectivity index (χ0n) is 14.3. The van der Waals surface area contributed by atoms with Crippen molar-refractivity contribution >= 4 is 22.8 Å². The van der Waals surface area contributed by atoms with Gasteiger partial charge in [0.15, 0.2) is 0 Å². The number of piperidine rings is 1. The van der Waals surface area contributed by atoms with Gasteiger partial charge in [0, 0.05) is 18.1 Å². The van der Waals surface area contributed by atoms with Crippen LogP contribution in [-0.2, 0) is 11.3 Å². The number of aromatic nitrogens is 1. The molecule has 0 bridgehead atoms. The van der Waals surface area contributed by atoms with Crippen molar-refractivity contribution in [1.82, 2.24) is 20.5 Å². The first kappa shape index (κ1) is 16.0. The van der Waals surface area contributed by atoms with Crippen LogP contribution in [0.3, 0.4) is 0 Å². The van der Waals surface area contributed by atoms with Crippen LogP contribution >= 0.6 is 0 Å². The van der Waals surface area contributed by atoms with Crippen molar-refractivity contribution in [2.24, 2.45) is 5.92 Å². The molecule has 0 radical (unpaired) electrons. The van der Waals surface area contributed by atoms with E-state index in [1.54, 1.807) is 0 Å². The molecule has 0 spiro atoms. The van der Waals surface area contributed by atoms with E-state index in [1.165, 1.54) is 5.56 Å². The van der Waals surface area contributed by atoms with E-state index in [9.17, 15) is 9.59 Å². The normalized spacial score (nSPS) is 25.2. The molecule has 6 nitrogen and oxygen atoms in total. The lowest BCUT2D eigenvalue weighted by Crippen LogP contribution is -2.53. The fourth-order valence-corrected chi connectivity index (χ4v) is 3.99. The molecule has 3 amide bonds. The lowest BCUT2D eigenvalue weighted by atomic mass is 9.79. The van der Waals surface area contributed by atoms with Crippen LogP contribution in [0.1, 0.15) is 25.3 Å². The number of benzene rings is 1. The number of nitrogens with one attached hydrogen (secondary N) is 2. The van der Waals surface area contributed by atoms with E-state index < -0.39 is 5.54 Å². The van der Waals surface area contributed by atoms with E-state index in [1.807, 2.05) is 19.2 Å². The Morgan fingerprint density at radius 2 is 2.04 bits per heavy atom. The zero-order chi connectivity index (χ0) is 17.4. The second-order valence-corrected chi connectivity index (χ2v) is 7.19. The number of fused-ring (bicyclic) bond motifs is 1. The first-order valence-electron chi connectivity index (χ1n) is 8.74. The van der Waals surface area contributed by atoms with Crippen LogP contribution in [0, 0.1) is 5.92 Å². The van der Waals surface area contributed by atoms with E-state index in [0.29, 0.717) is 0 Å². The smallest absolute Gasteiger partial charge is 0.322 e. The van der Waals surface area contributed by atoms with Gasteiger partial charge in [-0.25, -0.2) is 4.79 Å². The molecule has 2 aliphatic heterocycles. The molecule has 1 aromatic heterocycles. The van der Waals surface area contributed by atoms with E-state index in [-0.39, 0.29) is 17.9 Å². The molecule has 2 saturated heterocycles. The van der Waals surface area contributed by atoms with Gasteiger partial charge >= 0.3 is 6.03 Å². The van der Waals surface area contributed by atoms with Gasteiger partial charge < -0.3 is 5.32 Å². The predicted molar refractivity (Wildman–Crippen MR) is 94.8 cm³/mol. The molecule has 0 saturated carbocycles. The largest absolute Gasteiger partial charge is 0.323 e. The summed E-state index contributed by atoms with van der Waals surface area (Å²) in [6, 6.07) is 10.1. The van der Waals surface area contributed by atoms with Gasteiger partial charge in [0.1, 0.15) is 5.54 Å². The molecular formula is C19H22N4O2. The van der Waals surface area contributed by atoms with Gasteiger partial charge in [-0.3, -0.25) is 20.0 Å². The third kappa shape index (κ3) is 2.98. The molecule has 3 heterocycles. The van der Waals surface area contributed by atoms with Crippen molar-refractivity contribution in [2.45, 2.75) is 31.8 Å². The zero-order valence-corrected chi connectivity index (χ0v) is 14.3. The summed E-state index contributed by atoms with van der Waals surface area (Å²) in [7, 11) is 0. The number of imide groups is 1. The van der Waals surface area contributed by atoms with Gasteiger partial charge in [-0.1, -0.05) is 12.1 Å². The first-order chi connectivity index (χ1) is 12.0.